The molecule has 0 radical (unpaired) electrons. The first kappa shape index (κ1) is 21.0. The molecule has 3 heterocycles. The molecule has 1 aromatic heterocycles. The normalized spacial score (nSPS) is 24.0. The van der Waals surface area contributed by atoms with Crippen LogP contribution in [0.4, 0.5) is 0 Å². The smallest absolute Gasteiger partial charge is 0.0499 e. The molecule has 0 bridgehead atoms. The summed E-state index contributed by atoms with van der Waals surface area (Å²) in [5.41, 5.74) is 1.44. The van der Waals surface area contributed by atoms with E-state index in [0.717, 1.165) is 45.4 Å². The van der Waals surface area contributed by atoms with E-state index >= 15 is 0 Å². The highest BCUT2D eigenvalue weighted by Gasteiger charge is 2.34. The highest BCUT2D eigenvalue weighted by Crippen LogP contribution is 2.35. The molecule has 3 nitrogen and oxygen atoms in total. The Morgan fingerprint density at radius 2 is 1.52 bits per heavy atom. The second kappa shape index (κ2) is 10.2. The Morgan fingerprint density at radius 1 is 0.828 bits per heavy atom. The summed E-state index contributed by atoms with van der Waals surface area (Å²) in [5, 5.41) is 10.3. The third-order valence-corrected chi connectivity index (χ3v) is 7.84. The van der Waals surface area contributed by atoms with E-state index in [1.807, 2.05) is 11.3 Å². The number of aliphatic hydroxyl groups excluding tert-OH is 1. The van der Waals surface area contributed by atoms with Crippen LogP contribution in [0.25, 0.3) is 0 Å². The van der Waals surface area contributed by atoms with Crippen LogP contribution in [0.15, 0.2) is 42.5 Å². The van der Waals surface area contributed by atoms with Crippen LogP contribution in [0.1, 0.15) is 53.8 Å². The third kappa shape index (κ3) is 5.91. The predicted octanol–water partition coefficient (Wildman–Crippen LogP) is 4.94. The lowest BCUT2D eigenvalue weighted by Crippen LogP contribution is -2.45. The van der Waals surface area contributed by atoms with Gasteiger partial charge in [0.2, 0.25) is 0 Å². The quantitative estimate of drug-likeness (QED) is 0.665. The van der Waals surface area contributed by atoms with Crippen molar-refractivity contribution in [3.05, 3.63) is 57.8 Å². The number of aryl methyl sites for hydroxylation is 1. The van der Waals surface area contributed by atoms with E-state index in [1.54, 1.807) is 0 Å². The molecule has 1 aromatic carbocycles. The highest BCUT2D eigenvalue weighted by atomic mass is 32.1. The molecule has 158 valence electrons. The van der Waals surface area contributed by atoms with Crippen molar-refractivity contribution in [1.82, 2.24) is 9.80 Å². The fourth-order valence-electron chi connectivity index (χ4n) is 5.06. The van der Waals surface area contributed by atoms with Crippen LogP contribution in [-0.2, 0) is 19.5 Å². The second-order valence-corrected chi connectivity index (χ2v) is 10.4. The number of aliphatic hydroxyl groups is 1. The monoisotopic (exact) mass is 412 g/mol. The van der Waals surface area contributed by atoms with Crippen molar-refractivity contribution in [3.8, 4) is 0 Å². The van der Waals surface area contributed by atoms with E-state index in [2.05, 4.69) is 52.3 Å². The largest absolute Gasteiger partial charge is 0.396 e. The van der Waals surface area contributed by atoms with E-state index in [-0.39, 0.29) is 5.41 Å². The molecular formula is C25H36N2OS. The van der Waals surface area contributed by atoms with Crippen molar-refractivity contribution in [2.24, 2.45) is 5.41 Å². The summed E-state index contributed by atoms with van der Waals surface area (Å²) in [4.78, 5) is 8.19. The van der Waals surface area contributed by atoms with Gasteiger partial charge in [-0.1, -0.05) is 36.8 Å². The summed E-state index contributed by atoms with van der Waals surface area (Å²) in [6.07, 6.45) is 8.61. The van der Waals surface area contributed by atoms with Gasteiger partial charge in [-0.3, -0.25) is 9.80 Å². The number of hydrogen-bond donors (Lipinski definition) is 1. The van der Waals surface area contributed by atoms with Gasteiger partial charge in [0.1, 0.15) is 0 Å². The van der Waals surface area contributed by atoms with Gasteiger partial charge in [-0.25, -0.2) is 0 Å². The molecule has 1 atom stereocenters. The first-order chi connectivity index (χ1) is 14.2. The van der Waals surface area contributed by atoms with Gasteiger partial charge in [0, 0.05) is 41.4 Å². The van der Waals surface area contributed by atoms with Crippen LogP contribution in [0, 0.1) is 5.41 Å². The molecule has 2 aliphatic rings. The van der Waals surface area contributed by atoms with Gasteiger partial charge in [-0.15, -0.1) is 11.3 Å². The van der Waals surface area contributed by atoms with Crippen molar-refractivity contribution in [1.29, 1.82) is 0 Å². The average Bonchev–Trinajstić information content (AvgIpc) is 3.20. The van der Waals surface area contributed by atoms with Gasteiger partial charge >= 0.3 is 0 Å². The Kier molecular flexibility index (Phi) is 7.41. The van der Waals surface area contributed by atoms with Crippen LogP contribution >= 0.6 is 11.3 Å². The van der Waals surface area contributed by atoms with Gasteiger partial charge in [0.15, 0.2) is 0 Å². The molecule has 0 amide bonds. The molecule has 29 heavy (non-hydrogen) atoms. The summed E-state index contributed by atoms with van der Waals surface area (Å²) >= 11 is 1.99. The number of piperidine rings is 2. The van der Waals surface area contributed by atoms with Crippen molar-refractivity contribution in [3.63, 3.8) is 0 Å². The van der Waals surface area contributed by atoms with E-state index in [0.29, 0.717) is 6.61 Å². The lowest BCUT2D eigenvalue weighted by Gasteiger charge is -2.42. The maximum Gasteiger partial charge on any atom is 0.0499 e. The summed E-state index contributed by atoms with van der Waals surface area (Å²) in [7, 11) is 0. The molecule has 0 saturated carbocycles. The molecular weight excluding hydrogens is 376 g/mol. The van der Waals surface area contributed by atoms with Gasteiger partial charge in [-0.2, -0.15) is 0 Å². The Morgan fingerprint density at radius 3 is 2.24 bits per heavy atom. The minimum atomic E-state index is 0.0575. The standard InChI is InChI=1S/C25H36N2OS/c28-21-25(14-12-22-8-3-1-4-9-22)13-7-17-27(20-25)19-24-11-10-23(29-24)18-26-15-5-2-6-16-26/h1,3-4,8-11,28H,2,5-7,12-21H2. The van der Waals surface area contributed by atoms with Crippen LogP contribution in [0.2, 0.25) is 0 Å². The fourth-order valence-corrected chi connectivity index (χ4v) is 6.17. The topological polar surface area (TPSA) is 26.7 Å². The van der Waals surface area contributed by atoms with Gasteiger partial charge in [-0.05, 0) is 75.9 Å². The zero-order chi connectivity index (χ0) is 19.9. The summed E-state index contributed by atoms with van der Waals surface area (Å²) in [6, 6.07) is 15.4. The Hall–Kier alpha value is -1.20. The van der Waals surface area contributed by atoms with Crippen LogP contribution in [-0.4, -0.2) is 47.7 Å². The van der Waals surface area contributed by atoms with Gasteiger partial charge < -0.3 is 5.11 Å². The van der Waals surface area contributed by atoms with E-state index in [9.17, 15) is 5.11 Å². The molecule has 0 spiro atoms. The minimum Gasteiger partial charge on any atom is -0.396 e. The SMILES string of the molecule is OCC1(CCc2ccccc2)CCCN(Cc2ccc(CN3CCCCC3)s2)C1. The summed E-state index contributed by atoms with van der Waals surface area (Å²) in [6.45, 7) is 7.18. The van der Waals surface area contributed by atoms with Crippen molar-refractivity contribution in [2.45, 2.75) is 58.0 Å². The number of likely N-dealkylation sites (tertiary alicyclic amines) is 2. The number of hydrogen-bond acceptors (Lipinski definition) is 4. The Bertz CT molecular complexity index is 740. The molecule has 4 heteroatoms. The fraction of sp³-hybridized carbons (Fsp3) is 0.600. The number of nitrogens with zero attached hydrogens (tertiary/aromatic N) is 2. The summed E-state index contributed by atoms with van der Waals surface area (Å²) in [5.74, 6) is 0. The van der Waals surface area contributed by atoms with Crippen LogP contribution in [0.5, 0.6) is 0 Å². The first-order valence-corrected chi connectivity index (χ1v) is 12.2. The van der Waals surface area contributed by atoms with E-state index in [1.165, 1.54) is 54.1 Å². The maximum absolute atomic E-state index is 10.3. The van der Waals surface area contributed by atoms with Crippen LogP contribution in [0.3, 0.4) is 0 Å². The molecule has 1 N–H and O–H groups in total. The number of rotatable bonds is 8. The molecule has 2 fully saturated rings. The predicted molar refractivity (Wildman–Crippen MR) is 122 cm³/mol. The molecule has 1 unspecified atom stereocenters. The lowest BCUT2D eigenvalue weighted by atomic mass is 9.76. The van der Waals surface area contributed by atoms with Crippen LogP contribution < -0.4 is 0 Å². The Balaban J connectivity index is 1.31. The molecule has 2 aliphatic heterocycles. The highest BCUT2D eigenvalue weighted by molar-refractivity contribution is 7.11. The van der Waals surface area contributed by atoms with E-state index < -0.39 is 0 Å². The van der Waals surface area contributed by atoms with Crippen molar-refractivity contribution >= 4 is 11.3 Å². The third-order valence-electron chi connectivity index (χ3n) is 6.79. The first-order valence-electron chi connectivity index (χ1n) is 11.4. The zero-order valence-electron chi connectivity index (χ0n) is 17.7. The molecule has 2 saturated heterocycles. The molecule has 0 aliphatic carbocycles. The Labute approximate surface area is 180 Å². The summed E-state index contributed by atoms with van der Waals surface area (Å²) < 4.78 is 0. The van der Waals surface area contributed by atoms with Gasteiger partial charge in [0.05, 0.1) is 0 Å². The number of benzene rings is 1. The second-order valence-electron chi connectivity index (χ2n) is 9.16. The molecule has 2 aromatic rings. The average molecular weight is 413 g/mol. The minimum absolute atomic E-state index is 0.0575. The maximum atomic E-state index is 10.3. The number of thiophene rings is 1. The van der Waals surface area contributed by atoms with Gasteiger partial charge in [0.25, 0.3) is 0 Å². The lowest BCUT2D eigenvalue weighted by molar-refractivity contribution is 0.0228. The zero-order valence-corrected chi connectivity index (χ0v) is 18.5. The van der Waals surface area contributed by atoms with Crippen molar-refractivity contribution < 1.29 is 5.11 Å². The van der Waals surface area contributed by atoms with E-state index in [4.69, 9.17) is 0 Å². The molecule has 4 rings (SSSR count). The van der Waals surface area contributed by atoms with Crippen molar-refractivity contribution in [2.75, 3.05) is 32.8 Å².